The van der Waals surface area contributed by atoms with Gasteiger partial charge in [0.15, 0.2) is 0 Å². The average Bonchev–Trinajstić information content (AvgIpc) is 2.35. The molecule has 0 saturated heterocycles. The molecule has 0 fully saturated rings. The van der Waals surface area contributed by atoms with Crippen molar-refractivity contribution in [1.82, 2.24) is 20.1 Å². The van der Waals surface area contributed by atoms with Crippen molar-refractivity contribution in [3.63, 3.8) is 0 Å². The number of anilines is 1. The van der Waals surface area contributed by atoms with Crippen LogP contribution in [-0.2, 0) is 12.8 Å². The van der Waals surface area contributed by atoms with Crippen LogP contribution >= 0.6 is 0 Å². The van der Waals surface area contributed by atoms with E-state index >= 15 is 0 Å². The Kier molecular flexibility index (Phi) is 5.02. The Morgan fingerprint density at radius 1 is 1.06 bits per heavy atom. The highest BCUT2D eigenvalue weighted by atomic mass is 15.3. The van der Waals surface area contributed by atoms with E-state index in [1.807, 2.05) is 0 Å². The Hall–Kier alpha value is -1.23. The van der Waals surface area contributed by atoms with Crippen molar-refractivity contribution in [2.24, 2.45) is 0 Å². The van der Waals surface area contributed by atoms with E-state index in [0.717, 1.165) is 30.8 Å². The first-order valence-corrected chi connectivity index (χ1v) is 6.54. The fraction of sp³-hybridized carbons (Fsp3) is 0.769. The molecule has 1 N–H and O–H groups in total. The predicted octanol–water partition coefficient (Wildman–Crippen LogP) is 1.75. The van der Waals surface area contributed by atoms with Gasteiger partial charge in [-0.15, -0.1) is 5.10 Å². The van der Waals surface area contributed by atoms with E-state index in [1.165, 1.54) is 0 Å². The Bertz CT molecular complexity index is 387. The average molecular weight is 251 g/mol. The number of nitrogens with zero attached hydrogens (tertiary/aromatic N) is 4. The van der Waals surface area contributed by atoms with Crippen molar-refractivity contribution in [2.45, 2.75) is 46.1 Å². The van der Waals surface area contributed by atoms with Gasteiger partial charge in [-0.1, -0.05) is 13.8 Å². The van der Waals surface area contributed by atoms with E-state index in [4.69, 9.17) is 0 Å². The molecule has 5 heteroatoms. The SMILES string of the molecule is CCc1nnc(NCC(C)(C)N(C)C)nc1CC. The largest absolute Gasteiger partial charge is 0.351 e. The van der Waals surface area contributed by atoms with Gasteiger partial charge in [-0.3, -0.25) is 0 Å². The number of nitrogens with one attached hydrogen (secondary N) is 1. The van der Waals surface area contributed by atoms with Crippen molar-refractivity contribution >= 4 is 5.95 Å². The summed E-state index contributed by atoms with van der Waals surface area (Å²) in [5.41, 5.74) is 2.09. The van der Waals surface area contributed by atoms with Crippen LogP contribution in [0.4, 0.5) is 5.95 Å². The zero-order valence-electron chi connectivity index (χ0n) is 12.4. The van der Waals surface area contributed by atoms with Crippen LogP contribution < -0.4 is 5.32 Å². The fourth-order valence-corrected chi connectivity index (χ4v) is 1.47. The van der Waals surface area contributed by atoms with Gasteiger partial charge in [-0.05, 0) is 40.8 Å². The number of aryl methyl sites for hydroxylation is 2. The van der Waals surface area contributed by atoms with Gasteiger partial charge < -0.3 is 10.2 Å². The molecule has 1 heterocycles. The van der Waals surface area contributed by atoms with E-state index in [2.05, 4.69) is 67.2 Å². The van der Waals surface area contributed by atoms with Gasteiger partial charge in [0.2, 0.25) is 5.95 Å². The van der Waals surface area contributed by atoms with E-state index in [-0.39, 0.29) is 5.54 Å². The zero-order valence-corrected chi connectivity index (χ0v) is 12.4. The van der Waals surface area contributed by atoms with Gasteiger partial charge in [-0.25, -0.2) is 4.98 Å². The molecule has 0 atom stereocenters. The lowest BCUT2D eigenvalue weighted by molar-refractivity contribution is 0.209. The molecule has 0 radical (unpaired) electrons. The first-order valence-electron chi connectivity index (χ1n) is 6.54. The van der Waals surface area contributed by atoms with Crippen molar-refractivity contribution < 1.29 is 0 Å². The summed E-state index contributed by atoms with van der Waals surface area (Å²) in [7, 11) is 4.14. The highest BCUT2D eigenvalue weighted by Crippen LogP contribution is 2.12. The second-order valence-electron chi connectivity index (χ2n) is 5.30. The van der Waals surface area contributed by atoms with Gasteiger partial charge in [0, 0.05) is 12.1 Å². The quantitative estimate of drug-likeness (QED) is 0.834. The van der Waals surface area contributed by atoms with Crippen LogP contribution in [0.25, 0.3) is 0 Å². The van der Waals surface area contributed by atoms with Crippen LogP contribution in [0.15, 0.2) is 0 Å². The van der Waals surface area contributed by atoms with Crippen molar-refractivity contribution in [2.75, 3.05) is 26.0 Å². The molecular weight excluding hydrogens is 226 g/mol. The van der Waals surface area contributed by atoms with Gasteiger partial charge in [0.1, 0.15) is 0 Å². The molecule has 0 unspecified atom stereocenters. The molecule has 0 saturated carbocycles. The normalized spacial score (nSPS) is 11.9. The minimum Gasteiger partial charge on any atom is -0.351 e. The van der Waals surface area contributed by atoms with Gasteiger partial charge >= 0.3 is 0 Å². The molecule has 0 aliphatic carbocycles. The third kappa shape index (κ3) is 3.63. The summed E-state index contributed by atoms with van der Waals surface area (Å²) >= 11 is 0. The molecule has 0 bridgehead atoms. The summed E-state index contributed by atoms with van der Waals surface area (Å²) in [6.45, 7) is 9.31. The summed E-state index contributed by atoms with van der Waals surface area (Å²) < 4.78 is 0. The molecular formula is C13H25N5. The maximum absolute atomic E-state index is 4.52. The number of hydrogen-bond donors (Lipinski definition) is 1. The Morgan fingerprint density at radius 2 is 1.67 bits per heavy atom. The smallest absolute Gasteiger partial charge is 0.243 e. The Labute approximate surface area is 110 Å². The van der Waals surface area contributed by atoms with E-state index < -0.39 is 0 Å². The molecule has 18 heavy (non-hydrogen) atoms. The Morgan fingerprint density at radius 3 is 2.17 bits per heavy atom. The summed E-state index contributed by atoms with van der Waals surface area (Å²) in [5.74, 6) is 0.624. The minimum absolute atomic E-state index is 0.0547. The lowest BCUT2D eigenvalue weighted by Crippen LogP contribution is -2.44. The number of aromatic nitrogens is 3. The highest BCUT2D eigenvalue weighted by Gasteiger charge is 2.20. The van der Waals surface area contributed by atoms with Crippen molar-refractivity contribution in [3.8, 4) is 0 Å². The maximum Gasteiger partial charge on any atom is 0.243 e. The van der Waals surface area contributed by atoms with Crippen LogP contribution in [0.5, 0.6) is 0 Å². The number of likely N-dealkylation sites (N-methyl/N-ethyl adjacent to an activating group) is 1. The second-order valence-corrected chi connectivity index (χ2v) is 5.30. The lowest BCUT2D eigenvalue weighted by Gasteiger charge is -2.32. The standard InChI is InChI=1S/C13H25N5/c1-7-10-11(8-2)16-17-12(15-10)14-9-13(3,4)18(5)6/h7-9H2,1-6H3,(H,14,15,17). The first-order chi connectivity index (χ1) is 8.40. The molecule has 0 spiro atoms. The molecule has 0 aliphatic rings. The fourth-order valence-electron chi connectivity index (χ4n) is 1.47. The van der Waals surface area contributed by atoms with Crippen LogP contribution in [-0.4, -0.2) is 46.3 Å². The van der Waals surface area contributed by atoms with Crippen LogP contribution in [0, 0.1) is 0 Å². The van der Waals surface area contributed by atoms with Crippen molar-refractivity contribution in [3.05, 3.63) is 11.4 Å². The summed E-state index contributed by atoms with van der Waals surface area (Å²) in [5, 5.41) is 11.6. The number of hydrogen-bond acceptors (Lipinski definition) is 5. The second kappa shape index (κ2) is 6.09. The molecule has 0 aliphatic heterocycles. The third-order valence-corrected chi connectivity index (χ3v) is 3.40. The monoisotopic (exact) mass is 251 g/mol. The van der Waals surface area contributed by atoms with Gasteiger partial charge in [0.05, 0.1) is 11.4 Å². The van der Waals surface area contributed by atoms with E-state index in [1.54, 1.807) is 0 Å². The van der Waals surface area contributed by atoms with Crippen molar-refractivity contribution in [1.29, 1.82) is 0 Å². The molecule has 1 aromatic rings. The van der Waals surface area contributed by atoms with Gasteiger partial charge in [-0.2, -0.15) is 5.10 Å². The van der Waals surface area contributed by atoms with E-state index in [9.17, 15) is 0 Å². The zero-order chi connectivity index (χ0) is 13.8. The molecule has 0 aromatic carbocycles. The van der Waals surface area contributed by atoms with Gasteiger partial charge in [0.25, 0.3) is 0 Å². The first kappa shape index (κ1) is 14.8. The molecule has 102 valence electrons. The van der Waals surface area contributed by atoms with Crippen LogP contribution in [0.2, 0.25) is 0 Å². The molecule has 5 nitrogen and oxygen atoms in total. The Balaban J connectivity index is 2.74. The molecule has 1 aromatic heterocycles. The predicted molar refractivity (Wildman–Crippen MR) is 74.8 cm³/mol. The third-order valence-electron chi connectivity index (χ3n) is 3.40. The minimum atomic E-state index is 0.0547. The lowest BCUT2D eigenvalue weighted by atomic mass is 10.1. The molecule has 0 amide bonds. The number of rotatable bonds is 6. The highest BCUT2D eigenvalue weighted by molar-refractivity contribution is 5.26. The van der Waals surface area contributed by atoms with E-state index in [0.29, 0.717) is 5.95 Å². The summed E-state index contributed by atoms with van der Waals surface area (Å²) in [4.78, 5) is 6.70. The maximum atomic E-state index is 4.52. The topological polar surface area (TPSA) is 53.9 Å². The molecule has 1 rings (SSSR count). The summed E-state index contributed by atoms with van der Waals surface area (Å²) in [6.07, 6.45) is 1.77. The van der Waals surface area contributed by atoms with Crippen LogP contribution in [0.3, 0.4) is 0 Å². The van der Waals surface area contributed by atoms with Crippen LogP contribution in [0.1, 0.15) is 39.1 Å². The summed E-state index contributed by atoms with van der Waals surface area (Å²) in [6, 6.07) is 0.